The number of hydrogen-bond acceptors (Lipinski definition) is 3. The van der Waals surface area contributed by atoms with E-state index in [1.54, 1.807) is 4.90 Å². The zero-order valence-corrected chi connectivity index (χ0v) is 11.5. The number of benzene rings is 1. The average Bonchev–Trinajstić information content (AvgIpc) is 2.41. The number of carbonyl (C=O) groups excluding carboxylic acids is 1. The van der Waals surface area contributed by atoms with Gasteiger partial charge in [-0.05, 0) is 6.07 Å². The molecule has 1 N–H and O–H groups in total. The van der Waals surface area contributed by atoms with E-state index in [2.05, 4.69) is 0 Å². The molecule has 0 spiro atoms. The number of nitrogens with zero attached hydrogens (tertiary/aromatic N) is 2. The van der Waals surface area contributed by atoms with E-state index in [9.17, 15) is 13.6 Å². The second-order valence-corrected chi connectivity index (χ2v) is 5.07. The second-order valence-electron chi connectivity index (χ2n) is 5.07. The van der Waals surface area contributed by atoms with Crippen LogP contribution in [0.5, 0.6) is 0 Å². The first-order valence-corrected chi connectivity index (χ1v) is 6.42. The topological polar surface area (TPSA) is 47.4 Å². The number of piperidine rings is 1. The Bertz CT molecular complexity index is 548. The third-order valence-electron chi connectivity index (χ3n) is 3.38. The molecule has 1 heterocycles. The van der Waals surface area contributed by atoms with E-state index >= 15 is 0 Å². The highest BCUT2D eigenvalue weighted by molar-refractivity contribution is 5.94. The lowest BCUT2D eigenvalue weighted by Crippen LogP contribution is -2.34. The van der Waals surface area contributed by atoms with Gasteiger partial charge in [0.05, 0.1) is 11.3 Å². The summed E-state index contributed by atoms with van der Waals surface area (Å²) >= 11 is 0. The predicted octanol–water partition coefficient (Wildman–Crippen LogP) is 2.29. The molecule has 0 bridgehead atoms. The van der Waals surface area contributed by atoms with Crippen LogP contribution in [0.4, 0.5) is 14.5 Å². The van der Waals surface area contributed by atoms with Gasteiger partial charge in [0.2, 0.25) is 0 Å². The van der Waals surface area contributed by atoms with Crippen LogP contribution in [0.15, 0.2) is 12.1 Å². The van der Waals surface area contributed by atoms with Gasteiger partial charge in [-0.1, -0.05) is 0 Å². The summed E-state index contributed by atoms with van der Waals surface area (Å²) in [5.41, 5.74) is 0.521. The van der Waals surface area contributed by atoms with Gasteiger partial charge in [0, 0.05) is 51.8 Å². The Balaban J connectivity index is 2.31. The van der Waals surface area contributed by atoms with Gasteiger partial charge < -0.3 is 15.2 Å². The lowest BCUT2D eigenvalue weighted by atomic mass is 10.1. The SMILES string of the molecule is CN(C)C(=O)c1cc(F)c(N2CCC(=N)CC2)cc1F. The Hall–Kier alpha value is -1.98. The molecule has 108 valence electrons. The van der Waals surface area contributed by atoms with Crippen LogP contribution in [-0.2, 0) is 0 Å². The van der Waals surface area contributed by atoms with E-state index in [1.165, 1.54) is 19.0 Å². The molecule has 0 aliphatic carbocycles. The first-order chi connectivity index (χ1) is 9.40. The molecule has 2 rings (SSSR count). The first kappa shape index (κ1) is 14.4. The molecule has 4 nitrogen and oxygen atoms in total. The quantitative estimate of drug-likeness (QED) is 0.904. The number of halogens is 2. The Labute approximate surface area is 116 Å². The molecule has 20 heavy (non-hydrogen) atoms. The van der Waals surface area contributed by atoms with Crippen LogP contribution in [0, 0.1) is 17.0 Å². The maximum absolute atomic E-state index is 14.1. The normalized spacial score (nSPS) is 15.4. The Morgan fingerprint density at radius 1 is 1.20 bits per heavy atom. The van der Waals surface area contributed by atoms with Crippen molar-refractivity contribution in [3.8, 4) is 0 Å². The first-order valence-electron chi connectivity index (χ1n) is 6.42. The highest BCUT2D eigenvalue weighted by Gasteiger charge is 2.22. The van der Waals surface area contributed by atoms with E-state index in [-0.39, 0.29) is 11.3 Å². The van der Waals surface area contributed by atoms with Crippen molar-refractivity contribution in [3.05, 3.63) is 29.3 Å². The van der Waals surface area contributed by atoms with Crippen molar-refractivity contribution in [1.82, 2.24) is 4.90 Å². The lowest BCUT2D eigenvalue weighted by molar-refractivity contribution is 0.0822. The van der Waals surface area contributed by atoms with Crippen molar-refractivity contribution in [3.63, 3.8) is 0 Å². The van der Waals surface area contributed by atoms with Crippen molar-refractivity contribution in [2.45, 2.75) is 12.8 Å². The number of carbonyl (C=O) groups is 1. The fraction of sp³-hybridized carbons (Fsp3) is 0.429. The highest BCUT2D eigenvalue weighted by Crippen LogP contribution is 2.26. The van der Waals surface area contributed by atoms with Crippen molar-refractivity contribution in [2.75, 3.05) is 32.1 Å². The van der Waals surface area contributed by atoms with E-state index in [4.69, 9.17) is 5.41 Å². The fourth-order valence-electron chi connectivity index (χ4n) is 2.20. The summed E-state index contributed by atoms with van der Waals surface area (Å²) in [4.78, 5) is 14.6. The molecule has 0 aromatic heterocycles. The van der Waals surface area contributed by atoms with Gasteiger partial charge in [-0.3, -0.25) is 4.79 Å². The Morgan fingerprint density at radius 3 is 2.35 bits per heavy atom. The number of anilines is 1. The van der Waals surface area contributed by atoms with E-state index in [0.29, 0.717) is 31.6 Å². The standard InChI is InChI=1S/C14H17F2N3O/c1-18(2)14(20)10-7-12(16)13(8-11(10)15)19-5-3-9(17)4-6-19/h7-8,17H,3-6H2,1-2H3. The van der Waals surface area contributed by atoms with Crippen LogP contribution < -0.4 is 4.90 Å². The van der Waals surface area contributed by atoms with Crippen LogP contribution in [0.1, 0.15) is 23.2 Å². The zero-order valence-electron chi connectivity index (χ0n) is 11.5. The van der Waals surface area contributed by atoms with Crippen LogP contribution >= 0.6 is 0 Å². The average molecular weight is 281 g/mol. The number of hydrogen-bond donors (Lipinski definition) is 1. The molecule has 0 atom stereocenters. The summed E-state index contributed by atoms with van der Waals surface area (Å²) < 4.78 is 28.1. The molecule has 0 radical (unpaired) electrons. The van der Waals surface area contributed by atoms with E-state index in [1.807, 2.05) is 0 Å². The molecule has 1 aliphatic rings. The maximum Gasteiger partial charge on any atom is 0.256 e. The van der Waals surface area contributed by atoms with E-state index < -0.39 is 17.5 Å². The number of nitrogens with one attached hydrogen (secondary N) is 1. The minimum Gasteiger partial charge on any atom is -0.368 e. The molecule has 1 aromatic rings. The molecule has 0 unspecified atom stereocenters. The van der Waals surface area contributed by atoms with Crippen LogP contribution in [-0.4, -0.2) is 43.7 Å². The molecule has 0 saturated carbocycles. The Kier molecular flexibility index (Phi) is 4.01. The van der Waals surface area contributed by atoms with E-state index in [0.717, 1.165) is 12.1 Å². The van der Waals surface area contributed by atoms with Crippen LogP contribution in [0.3, 0.4) is 0 Å². The Morgan fingerprint density at radius 2 is 1.80 bits per heavy atom. The highest BCUT2D eigenvalue weighted by atomic mass is 19.1. The summed E-state index contributed by atoms with van der Waals surface area (Å²) in [6.45, 7) is 0.992. The van der Waals surface area contributed by atoms with Crippen LogP contribution in [0.2, 0.25) is 0 Å². The maximum atomic E-state index is 14.1. The summed E-state index contributed by atoms with van der Waals surface area (Å²) in [7, 11) is 2.98. The molecule has 1 saturated heterocycles. The molecule has 1 aromatic carbocycles. The minimum absolute atomic E-state index is 0.158. The summed E-state index contributed by atoms with van der Waals surface area (Å²) in [5, 5.41) is 7.53. The third-order valence-corrected chi connectivity index (χ3v) is 3.38. The third kappa shape index (κ3) is 2.79. The molecule has 6 heteroatoms. The second kappa shape index (κ2) is 5.56. The van der Waals surface area contributed by atoms with Crippen molar-refractivity contribution in [2.24, 2.45) is 0 Å². The van der Waals surface area contributed by atoms with Gasteiger partial charge in [0.1, 0.15) is 11.6 Å². The van der Waals surface area contributed by atoms with Crippen molar-refractivity contribution in [1.29, 1.82) is 5.41 Å². The van der Waals surface area contributed by atoms with Crippen molar-refractivity contribution >= 4 is 17.3 Å². The molecule has 1 amide bonds. The largest absolute Gasteiger partial charge is 0.368 e. The summed E-state index contributed by atoms with van der Waals surface area (Å²) in [6.07, 6.45) is 1.11. The van der Waals surface area contributed by atoms with Gasteiger partial charge in [0.15, 0.2) is 0 Å². The fourth-order valence-corrected chi connectivity index (χ4v) is 2.20. The minimum atomic E-state index is -0.722. The van der Waals surface area contributed by atoms with Gasteiger partial charge in [-0.15, -0.1) is 0 Å². The number of amides is 1. The zero-order chi connectivity index (χ0) is 14.9. The van der Waals surface area contributed by atoms with Gasteiger partial charge in [0.25, 0.3) is 5.91 Å². The summed E-state index contributed by atoms with van der Waals surface area (Å²) in [5.74, 6) is -1.89. The van der Waals surface area contributed by atoms with Gasteiger partial charge in [-0.2, -0.15) is 0 Å². The van der Waals surface area contributed by atoms with Crippen molar-refractivity contribution < 1.29 is 13.6 Å². The lowest BCUT2D eigenvalue weighted by Gasteiger charge is -2.29. The molecular weight excluding hydrogens is 264 g/mol. The van der Waals surface area contributed by atoms with Gasteiger partial charge >= 0.3 is 0 Å². The molecule has 1 fully saturated rings. The van der Waals surface area contributed by atoms with Gasteiger partial charge in [-0.25, -0.2) is 8.78 Å². The number of rotatable bonds is 2. The van der Waals surface area contributed by atoms with Crippen LogP contribution in [0.25, 0.3) is 0 Å². The molecule has 1 aliphatic heterocycles. The predicted molar refractivity (Wildman–Crippen MR) is 73.5 cm³/mol. The molecular formula is C14H17F2N3O. The summed E-state index contributed by atoms with van der Waals surface area (Å²) in [6, 6.07) is 2.02. The monoisotopic (exact) mass is 281 g/mol. The smallest absolute Gasteiger partial charge is 0.256 e.